The van der Waals surface area contributed by atoms with Crippen molar-refractivity contribution in [1.29, 1.82) is 0 Å². The number of aromatic nitrogens is 3. The first-order valence-corrected chi connectivity index (χ1v) is 24.9. The standard InChI is InChI=1S/C23H34GeN.C21H19N2O.Ir/c1-22(2,3)15-18-14-21(25-16-20(18)24(7,8)9)17-11-10-12-19(13-17)23(4,5)6;1-13(2)11-15-9-10-22-19(12-15)18-6-4-5-16-17-8-7-14(3)23-21(17)24-20(16)18;/h10,12-14,16H,15H2,1-9H3;4-5,7-10,12-13H,11H2,1-3H3;/q2*-1;. The van der Waals surface area contributed by atoms with Gasteiger partial charge < -0.3 is 9.40 Å². The second kappa shape index (κ2) is 15.6. The number of fused-ring (bicyclic) bond motifs is 3. The minimum absolute atomic E-state index is 0. The molecule has 265 valence electrons. The fraction of sp³-hybridized carbons (Fsp3) is 0.386. The molecule has 1 radical (unpaired) electrons. The molecule has 50 heavy (non-hydrogen) atoms. The molecule has 0 fully saturated rings. The summed E-state index contributed by atoms with van der Waals surface area (Å²) < 4.78 is 7.59. The van der Waals surface area contributed by atoms with E-state index in [0.29, 0.717) is 11.6 Å². The van der Waals surface area contributed by atoms with Crippen LogP contribution in [-0.4, -0.2) is 28.2 Å². The van der Waals surface area contributed by atoms with Gasteiger partial charge in [0.1, 0.15) is 0 Å². The molecule has 0 atom stereocenters. The van der Waals surface area contributed by atoms with E-state index in [0.717, 1.165) is 57.4 Å². The summed E-state index contributed by atoms with van der Waals surface area (Å²) in [4.78, 5) is 13.9. The molecule has 4 nitrogen and oxygen atoms in total. The molecule has 0 unspecified atom stereocenters. The third-order valence-electron chi connectivity index (χ3n) is 8.62. The van der Waals surface area contributed by atoms with Gasteiger partial charge in [-0.1, -0.05) is 36.4 Å². The Morgan fingerprint density at radius 3 is 2.20 bits per heavy atom. The summed E-state index contributed by atoms with van der Waals surface area (Å²) in [5.41, 5.74) is 10.9. The molecule has 4 aromatic heterocycles. The Morgan fingerprint density at radius 1 is 0.820 bits per heavy atom. The molecule has 2 aromatic carbocycles. The minimum atomic E-state index is -1.95. The van der Waals surface area contributed by atoms with Crippen LogP contribution in [-0.2, 0) is 38.4 Å². The molecule has 0 amide bonds. The van der Waals surface area contributed by atoms with Gasteiger partial charge in [-0.25, -0.2) is 4.98 Å². The van der Waals surface area contributed by atoms with Crippen LogP contribution >= 0.6 is 0 Å². The zero-order valence-electron chi connectivity index (χ0n) is 32.0. The van der Waals surface area contributed by atoms with E-state index < -0.39 is 13.3 Å². The molecule has 6 rings (SSSR count). The number of hydrogen-bond acceptors (Lipinski definition) is 4. The summed E-state index contributed by atoms with van der Waals surface area (Å²) in [5, 5.41) is 2.09. The maximum absolute atomic E-state index is 6.06. The minimum Gasteiger partial charge on any atom is -0.486 e. The van der Waals surface area contributed by atoms with Gasteiger partial charge in [0.2, 0.25) is 5.71 Å². The van der Waals surface area contributed by atoms with Gasteiger partial charge in [0.15, 0.2) is 0 Å². The largest absolute Gasteiger partial charge is 0.486 e. The van der Waals surface area contributed by atoms with Gasteiger partial charge >= 0.3 is 158 Å². The third-order valence-corrected chi connectivity index (χ3v) is 13.0. The Morgan fingerprint density at radius 2 is 1.54 bits per heavy atom. The molecule has 0 aliphatic heterocycles. The van der Waals surface area contributed by atoms with Crippen molar-refractivity contribution in [2.24, 2.45) is 11.3 Å². The fourth-order valence-electron chi connectivity index (χ4n) is 6.23. The van der Waals surface area contributed by atoms with Crippen LogP contribution in [0.1, 0.15) is 77.8 Å². The van der Waals surface area contributed by atoms with Gasteiger partial charge in [0, 0.05) is 37.4 Å². The van der Waals surface area contributed by atoms with Gasteiger partial charge in [-0.3, -0.25) is 0 Å². The van der Waals surface area contributed by atoms with Crippen molar-refractivity contribution in [3.63, 3.8) is 0 Å². The van der Waals surface area contributed by atoms with Gasteiger partial charge in [-0.15, -0.1) is 18.2 Å². The predicted molar refractivity (Wildman–Crippen MR) is 210 cm³/mol. The molecule has 0 aliphatic rings. The van der Waals surface area contributed by atoms with Gasteiger partial charge in [-0.05, 0) is 43.2 Å². The van der Waals surface area contributed by atoms with E-state index in [9.17, 15) is 0 Å². The Bertz CT molecular complexity index is 2080. The Hall–Kier alpha value is -3.12. The van der Waals surface area contributed by atoms with Crippen LogP contribution in [0.25, 0.3) is 44.6 Å². The van der Waals surface area contributed by atoms with Crippen LogP contribution in [0, 0.1) is 30.4 Å². The molecular weight excluding hydrogens is 851 g/mol. The topological polar surface area (TPSA) is 51.8 Å². The molecule has 0 N–H and O–H groups in total. The van der Waals surface area contributed by atoms with E-state index in [4.69, 9.17) is 9.40 Å². The summed E-state index contributed by atoms with van der Waals surface area (Å²) in [5.74, 6) is 7.97. The number of aryl methyl sites for hydroxylation is 1. The molecule has 0 bridgehead atoms. The van der Waals surface area contributed by atoms with Crippen LogP contribution in [0.5, 0.6) is 0 Å². The average molecular weight is 905 g/mol. The SMILES string of the molecule is CC(C)(C)Cc1cc(-c2[c-]ccc(C(C)(C)C)c2)nc[c]1[Ge]([CH3])([CH3])[CH3].Cc1ccc2c(n1)oc1c(-c3cc(CC(C)C)ccn3)[c-]ccc12.[Ir]. The van der Waals surface area contributed by atoms with Crippen molar-refractivity contribution in [2.75, 3.05) is 0 Å². The van der Waals surface area contributed by atoms with Gasteiger partial charge in [0.05, 0.1) is 5.58 Å². The molecule has 4 heterocycles. The number of furan rings is 1. The number of nitrogens with zero attached hydrogens (tertiary/aromatic N) is 3. The van der Waals surface area contributed by atoms with Crippen LogP contribution in [0.3, 0.4) is 0 Å². The smallest absolute Gasteiger partial charge is 0.216 e. The number of rotatable bonds is 6. The Balaban J connectivity index is 0.000000220. The van der Waals surface area contributed by atoms with Crippen LogP contribution < -0.4 is 4.40 Å². The molecule has 6 heteroatoms. The van der Waals surface area contributed by atoms with Crippen LogP contribution in [0.2, 0.25) is 17.3 Å². The quantitative estimate of drug-likeness (QED) is 0.123. The van der Waals surface area contributed by atoms with E-state index in [1.54, 1.807) is 0 Å². The fourth-order valence-corrected chi connectivity index (χ4v) is 9.54. The van der Waals surface area contributed by atoms with E-state index in [1.165, 1.54) is 21.1 Å². The third kappa shape index (κ3) is 9.81. The van der Waals surface area contributed by atoms with Crippen LogP contribution in [0.4, 0.5) is 0 Å². The number of hydrogen-bond donors (Lipinski definition) is 0. The van der Waals surface area contributed by atoms with Crippen LogP contribution in [0.15, 0.2) is 77.5 Å². The van der Waals surface area contributed by atoms with Crippen molar-refractivity contribution < 1.29 is 24.5 Å². The van der Waals surface area contributed by atoms with Crippen molar-refractivity contribution in [1.82, 2.24) is 15.0 Å². The van der Waals surface area contributed by atoms with E-state index in [1.807, 2.05) is 37.4 Å². The van der Waals surface area contributed by atoms with Crippen molar-refractivity contribution in [3.8, 4) is 22.5 Å². The molecule has 0 saturated heterocycles. The summed E-state index contributed by atoms with van der Waals surface area (Å²) in [6.07, 6.45) is 6.16. The zero-order chi connectivity index (χ0) is 35.7. The summed E-state index contributed by atoms with van der Waals surface area (Å²) in [7, 11) is 0. The number of benzene rings is 2. The normalized spacial score (nSPS) is 12.2. The van der Waals surface area contributed by atoms with E-state index >= 15 is 0 Å². The van der Waals surface area contributed by atoms with Crippen molar-refractivity contribution in [3.05, 3.63) is 108 Å². The first-order valence-electron chi connectivity index (χ1n) is 17.6. The Kier molecular flexibility index (Phi) is 12.4. The average Bonchev–Trinajstić information content (AvgIpc) is 3.37. The first kappa shape index (κ1) is 39.7. The van der Waals surface area contributed by atoms with Gasteiger partial charge in [-0.2, -0.15) is 0 Å². The second-order valence-electron chi connectivity index (χ2n) is 17.1. The Labute approximate surface area is 316 Å². The summed E-state index contributed by atoms with van der Waals surface area (Å²) >= 11 is -1.95. The molecule has 6 aromatic rings. The molecule has 0 spiro atoms. The number of pyridine rings is 3. The van der Waals surface area contributed by atoms with E-state index in [-0.39, 0.29) is 30.9 Å². The monoisotopic (exact) mass is 906 g/mol. The predicted octanol–water partition coefficient (Wildman–Crippen LogP) is 11.3. The van der Waals surface area contributed by atoms with E-state index in [2.05, 4.69) is 137 Å². The molecule has 0 aliphatic carbocycles. The molecular formula is C44H53GeIrN3O-2. The molecule has 0 saturated carbocycles. The first-order chi connectivity index (χ1) is 22.9. The van der Waals surface area contributed by atoms with Crippen molar-refractivity contribution >= 4 is 39.7 Å². The maximum atomic E-state index is 6.06. The van der Waals surface area contributed by atoms with Gasteiger partial charge in [0.25, 0.3) is 0 Å². The second-order valence-corrected chi connectivity index (χ2v) is 27.7. The summed E-state index contributed by atoms with van der Waals surface area (Å²) in [6.45, 7) is 20.1. The zero-order valence-corrected chi connectivity index (χ0v) is 36.5. The maximum Gasteiger partial charge on any atom is 0.216 e. The summed E-state index contributed by atoms with van der Waals surface area (Å²) in [6, 6.07) is 27.7. The van der Waals surface area contributed by atoms with Crippen molar-refractivity contribution in [2.45, 2.75) is 97.8 Å².